The van der Waals surface area contributed by atoms with Crippen LogP contribution in [0.25, 0.3) is 0 Å². The molecule has 0 saturated carbocycles. The molecule has 1 atom stereocenters. The number of aliphatic hydroxyl groups is 1. The summed E-state index contributed by atoms with van der Waals surface area (Å²) in [4.78, 5) is 11.5. The third-order valence-corrected chi connectivity index (χ3v) is 4.14. The first kappa shape index (κ1) is 19.3. The minimum Gasteiger partial charge on any atom is -0.396 e. The summed E-state index contributed by atoms with van der Waals surface area (Å²) in [7, 11) is 3.68. The van der Waals surface area contributed by atoms with Gasteiger partial charge in [0.15, 0.2) is 0 Å². The normalized spacial score (nSPS) is 12.9. The average molecular weight is 343 g/mol. The van der Waals surface area contributed by atoms with Crippen LogP contribution in [0.1, 0.15) is 50.3 Å². The molecule has 136 valence electrons. The van der Waals surface area contributed by atoms with Gasteiger partial charge in [-0.25, -0.2) is 9.97 Å². The fraction of sp³-hybridized carbons (Fsp3) is 0.500. The van der Waals surface area contributed by atoms with Crippen molar-refractivity contribution >= 4 is 5.82 Å². The SMILES string of the molecule is COCc1cc(N(C)C(CCO)c2ccccc2)nc(C(C)(C)C)n1. The lowest BCUT2D eigenvalue weighted by Gasteiger charge is -2.30. The van der Waals surface area contributed by atoms with Crippen LogP contribution in [-0.2, 0) is 16.8 Å². The summed E-state index contributed by atoms with van der Waals surface area (Å²) in [6, 6.07) is 12.2. The Labute approximate surface area is 150 Å². The summed E-state index contributed by atoms with van der Waals surface area (Å²) in [6.45, 7) is 6.87. The Kier molecular flexibility index (Phi) is 6.51. The minimum atomic E-state index is -0.154. The Morgan fingerprint density at radius 2 is 1.84 bits per heavy atom. The number of hydrogen-bond acceptors (Lipinski definition) is 5. The molecule has 0 aliphatic heterocycles. The highest BCUT2D eigenvalue weighted by Crippen LogP contribution is 2.29. The van der Waals surface area contributed by atoms with E-state index in [1.807, 2.05) is 31.3 Å². The lowest BCUT2D eigenvalue weighted by molar-refractivity contribution is 0.181. The standard InChI is InChI=1S/C20H29N3O2/c1-20(2,3)19-21-16(14-25-5)13-18(22-19)23(4)17(11-12-24)15-9-7-6-8-10-15/h6-10,13,17,24H,11-12,14H2,1-5H3. The van der Waals surface area contributed by atoms with Gasteiger partial charge < -0.3 is 14.7 Å². The van der Waals surface area contributed by atoms with Gasteiger partial charge in [-0.2, -0.15) is 0 Å². The highest BCUT2D eigenvalue weighted by Gasteiger charge is 2.23. The monoisotopic (exact) mass is 343 g/mol. The summed E-state index contributed by atoms with van der Waals surface area (Å²) in [5.74, 6) is 1.63. The zero-order valence-corrected chi connectivity index (χ0v) is 15.9. The van der Waals surface area contributed by atoms with Crippen molar-refractivity contribution in [2.75, 3.05) is 25.7 Å². The van der Waals surface area contributed by atoms with Crippen molar-refractivity contribution in [1.29, 1.82) is 0 Å². The number of aromatic nitrogens is 2. The Morgan fingerprint density at radius 1 is 1.16 bits per heavy atom. The Morgan fingerprint density at radius 3 is 2.40 bits per heavy atom. The van der Waals surface area contributed by atoms with E-state index in [1.165, 1.54) is 0 Å². The van der Waals surface area contributed by atoms with Crippen molar-refractivity contribution in [1.82, 2.24) is 9.97 Å². The molecule has 0 aliphatic carbocycles. The molecule has 0 fully saturated rings. The molecular formula is C20H29N3O2. The van der Waals surface area contributed by atoms with Crippen LogP contribution in [-0.4, -0.2) is 35.8 Å². The van der Waals surface area contributed by atoms with E-state index in [0.717, 1.165) is 22.9 Å². The molecule has 5 heteroatoms. The zero-order valence-electron chi connectivity index (χ0n) is 15.9. The Balaban J connectivity index is 2.44. The molecule has 1 N–H and O–H groups in total. The molecule has 25 heavy (non-hydrogen) atoms. The van der Waals surface area contributed by atoms with Crippen LogP contribution >= 0.6 is 0 Å². The molecule has 2 aromatic rings. The van der Waals surface area contributed by atoms with E-state index in [4.69, 9.17) is 9.72 Å². The Hall–Kier alpha value is -1.98. The van der Waals surface area contributed by atoms with E-state index >= 15 is 0 Å². The molecule has 0 amide bonds. The molecule has 1 aromatic heterocycles. The quantitative estimate of drug-likeness (QED) is 0.834. The molecule has 0 aliphatic rings. The number of nitrogens with zero attached hydrogens (tertiary/aromatic N) is 3. The highest BCUT2D eigenvalue weighted by atomic mass is 16.5. The maximum Gasteiger partial charge on any atom is 0.136 e. The van der Waals surface area contributed by atoms with Crippen LogP contribution in [0.3, 0.4) is 0 Å². The molecular weight excluding hydrogens is 314 g/mol. The third-order valence-electron chi connectivity index (χ3n) is 4.14. The summed E-state index contributed by atoms with van der Waals surface area (Å²) >= 11 is 0. The Bertz CT molecular complexity index is 668. The second-order valence-electron chi connectivity index (χ2n) is 7.27. The molecule has 0 radical (unpaired) electrons. The van der Waals surface area contributed by atoms with Crippen molar-refractivity contribution in [3.63, 3.8) is 0 Å². The van der Waals surface area contributed by atoms with Gasteiger partial charge in [0.25, 0.3) is 0 Å². The van der Waals surface area contributed by atoms with E-state index in [1.54, 1.807) is 7.11 Å². The number of rotatable bonds is 7. The van der Waals surface area contributed by atoms with Crippen molar-refractivity contribution in [3.05, 3.63) is 53.5 Å². The zero-order chi connectivity index (χ0) is 18.4. The summed E-state index contributed by atoms with van der Waals surface area (Å²) in [6.07, 6.45) is 0.634. The first-order valence-electron chi connectivity index (χ1n) is 8.63. The molecule has 0 saturated heterocycles. The van der Waals surface area contributed by atoms with Gasteiger partial charge in [-0.15, -0.1) is 0 Å². The van der Waals surface area contributed by atoms with Gasteiger partial charge in [0.05, 0.1) is 18.3 Å². The van der Waals surface area contributed by atoms with Crippen LogP contribution in [0.4, 0.5) is 5.82 Å². The summed E-state index contributed by atoms with van der Waals surface area (Å²) in [5.41, 5.74) is 1.86. The molecule has 0 spiro atoms. The number of benzene rings is 1. The van der Waals surface area contributed by atoms with E-state index < -0.39 is 0 Å². The lowest BCUT2D eigenvalue weighted by atomic mass is 9.95. The van der Waals surface area contributed by atoms with Crippen LogP contribution in [0, 0.1) is 0 Å². The van der Waals surface area contributed by atoms with Gasteiger partial charge in [0.2, 0.25) is 0 Å². The number of aliphatic hydroxyl groups excluding tert-OH is 1. The number of anilines is 1. The second kappa shape index (κ2) is 8.41. The third kappa shape index (κ3) is 5.00. The van der Waals surface area contributed by atoms with E-state index in [2.05, 4.69) is 42.8 Å². The van der Waals surface area contributed by atoms with Gasteiger partial charge in [-0.3, -0.25) is 0 Å². The van der Waals surface area contributed by atoms with Crippen LogP contribution in [0.2, 0.25) is 0 Å². The number of methoxy groups -OCH3 is 1. The molecule has 0 bridgehead atoms. The average Bonchev–Trinajstić information content (AvgIpc) is 2.59. The number of ether oxygens (including phenoxy) is 1. The van der Waals surface area contributed by atoms with Gasteiger partial charge in [0.1, 0.15) is 11.6 Å². The van der Waals surface area contributed by atoms with Crippen molar-refractivity contribution < 1.29 is 9.84 Å². The topological polar surface area (TPSA) is 58.5 Å². The van der Waals surface area contributed by atoms with Crippen molar-refractivity contribution in [3.8, 4) is 0 Å². The summed E-state index contributed by atoms with van der Waals surface area (Å²) < 4.78 is 5.27. The van der Waals surface area contributed by atoms with Crippen LogP contribution < -0.4 is 4.90 Å². The molecule has 5 nitrogen and oxygen atoms in total. The van der Waals surface area contributed by atoms with E-state index in [9.17, 15) is 5.11 Å². The fourth-order valence-corrected chi connectivity index (χ4v) is 2.76. The van der Waals surface area contributed by atoms with Crippen molar-refractivity contribution in [2.45, 2.75) is 45.3 Å². The molecule has 2 rings (SSSR count). The second-order valence-corrected chi connectivity index (χ2v) is 7.27. The van der Waals surface area contributed by atoms with Crippen LogP contribution in [0.15, 0.2) is 36.4 Å². The maximum atomic E-state index is 9.54. The lowest BCUT2D eigenvalue weighted by Crippen LogP contribution is -2.28. The smallest absolute Gasteiger partial charge is 0.136 e. The largest absolute Gasteiger partial charge is 0.396 e. The van der Waals surface area contributed by atoms with Crippen LogP contribution in [0.5, 0.6) is 0 Å². The molecule has 1 unspecified atom stereocenters. The predicted octanol–water partition coefficient (Wildman–Crippen LogP) is 3.48. The van der Waals surface area contributed by atoms with Gasteiger partial charge in [0, 0.05) is 32.2 Å². The first-order valence-corrected chi connectivity index (χ1v) is 8.63. The summed E-state index contributed by atoms with van der Waals surface area (Å²) in [5, 5.41) is 9.54. The fourth-order valence-electron chi connectivity index (χ4n) is 2.76. The maximum absolute atomic E-state index is 9.54. The first-order chi connectivity index (χ1) is 11.9. The number of hydrogen-bond donors (Lipinski definition) is 1. The van der Waals surface area contributed by atoms with Crippen molar-refractivity contribution in [2.24, 2.45) is 0 Å². The molecule has 1 heterocycles. The van der Waals surface area contributed by atoms with E-state index in [0.29, 0.717) is 13.0 Å². The van der Waals surface area contributed by atoms with Gasteiger partial charge in [-0.05, 0) is 12.0 Å². The highest BCUT2D eigenvalue weighted by molar-refractivity contribution is 5.43. The minimum absolute atomic E-state index is 0.0457. The predicted molar refractivity (Wildman–Crippen MR) is 101 cm³/mol. The van der Waals surface area contributed by atoms with Gasteiger partial charge >= 0.3 is 0 Å². The van der Waals surface area contributed by atoms with E-state index in [-0.39, 0.29) is 18.1 Å². The molecule has 1 aromatic carbocycles. The van der Waals surface area contributed by atoms with Gasteiger partial charge in [-0.1, -0.05) is 51.1 Å².